The van der Waals surface area contributed by atoms with Gasteiger partial charge in [-0.25, -0.2) is 0 Å². The first-order valence-electron chi connectivity index (χ1n) is 6.66. The molecule has 0 aliphatic carbocycles. The zero-order valence-electron chi connectivity index (χ0n) is 10.6. The van der Waals surface area contributed by atoms with Crippen LogP contribution in [0.4, 0.5) is 0 Å². The highest BCUT2D eigenvalue weighted by Gasteiger charge is 2.45. The normalized spacial score (nSPS) is 33.2. The highest BCUT2D eigenvalue weighted by Crippen LogP contribution is 2.44. The maximum atomic E-state index is 5.98. The molecular formula is C13H21N3O. The molecule has 4 nitrogen and oxygen atoms in total. The molecule has 0 saturated carbocycles. The van der Waals surface area contributed by atoms with Gasteiger partial charge in [-0.2, -0.15) is 5.10 Å². The molecule has 2 bridgehead atoms. The summed E-state index contributed by atoms with van der Waals surface area (Å²) in [5.74, 6) is 0.615. The Hall–Kier alpha value is -0.870. The molecule has 0 amide bonds. The van der Waals surface area contributed by atoms with Crippen LogP contribution < -0.4 is 5.32 Å². The third-order valence-corrected chi connectivity index (χ3v) is 4.18. The molecule has 2 saturated heterocycles. The fraction of sp³-hybridized carbons (Fsp3) is 0.769. The topological polar surface area (TPSA) is 39.1 Å². The number of hydrogen-bond donors (Lipinski definition) is 1. The zero-order valence-corrected chi connectivity index (χ0v) is 10.6. The van der Waals surface area contributed by atoms with E-state index in [0.29, 0.717) is 24.2 Å². The van der Waals surface area contributed by atoms with Crippen molar-refractivity contribution >= 4 is 0 Å². The highest BCUT2D eigenvalue weighted by molar-refractivity contribution is 5.11. The summed E-state index contributed by atoms with van der Waals surface area (Å²) in [4.78, 5) is 0. The van der Waals surface area contributed by atoms with E-state index in [2.05, 4.69) is 23.4 Å². The molecule has 4 heteroatoms. The lowest BCUT2D eigenvalue weighted by molar-refractivity contribution is 0.0851. The quantitative estimate of drug-likeness (QED) is 0.862. The molecule has 4 atom stereocenters. The fourth-order valence-electron chi connectivity index (χ4n) is 3.41. The molecule has 1 aromatic rings. The number of aromatic nitrogens is 2. The summed E-state index contributed by atoms with van der Waals surface area (Å²) in [5.41, 5.74) is 1.29. The maximum Gasteiger partial charge on any atom is 0.0627 e. The van der Waals surface area contributed by atoms with Gasteiger partial charge in [0.05, 0.1) is 23.9 Å². The van der Waals surface area contributed by atoms with Crippen molar-refractivity contribution in [1.82, 2.24) is 15.1 Å². The van der Waals surface area contributed by atoms with Crippen molar-refractivity contribution in [3.05, 3.63) is 18.0 Å². The van der Waals surface area contributed by atoms with Crippen molar-refractivity contribution in [1.29, 1.82) is 0 Å². The number of ether oxygens (including phenoxy) is 1. The van der Waals surface area contributed by atoms with Crippen LogP contribution in [0, 0.1) is 5.92 Å². The first-order valence-corrected chi connectivity index (χ1v) is 6.66. The zero-order chi connectivity index (χ0) is 11.8. The van der Waals surface area contributed by atoms with Gasteiger partial charge in [0.25, 0.3) is 0 Å². The molecule has 17 heavy (non-hydrogen) atoms. The van der Waals surface area contributed by atoms with E-state index in [4.69, 9.17) is 4.74 Å². The van der Waals surface area contributed by atoms with Gasteiger partial charge in [0, 0.05) is 19.2 Å². The van der Waals surface area contributed by atoms with Crippen LogP contribution in [-0.2, 0) is 11.8 Å². The first kappa shape index (κ1) is 11.2. The maximum absolute atomic E-state index is 5.98. The third-order valence-electron chi connectivity index (χ3n) is 4.18. The predicted molar refractivity (Wildman–Crippen MR) is 65.6 cm³/mol. The molecular weight excluding hydrogens is 214 g/mol. The van der Waals surface area contributed by atoms with E-state index in [9.17, 15) is 0 Å². The summed E-state index contributed by atoms with van der Waals surface area (Å²) in [6.45, 7) is 3.15. The largest absolute Gasteiger partial charge is 0.375 e. The fourth-order valence-corrected chi connectivity index (χ4v) is 3.41. The van der Waals surface area contributed by atoms with Gasteiger partial charge in [0.2, 0.25) is 0 Å². The van der Waals surface area contributed by atoms with Crippen LogP contribution in [-0.4, -0.2) is 28.5 Å². The van der Waals surface area contributed by atoms with Crippen LogP contribution in [0.5, 0.6) is 0 Å². The van der Waals surface area contributed by atoms with Gasteiger partial charge >= 0.3 is 0 Å². The van der Waals surface area contributed by atoms with Gasteiger partial charge in [0.1, 0.15) is 0 Å². The molecule has 0 spiro atoms. The number of hydrogen-bond acceptors (Lipinski definition) is 3. The Morgan fingerprint density at radius 3 is 3.00 bits per heavy atom. The van der Waals surface area contributed by atoms with Crippen molar-refractivity contribution in [2.75, 3.05) is 6.54 Å². The Labute approximate surface area is 102 Å². The lowest BCUT2D eigenvalue weighted by Crippen LogP contribution is -2.35. The average molecular weight is 235 g/mol. The van der Waals surface area contributed by atoms with Crippen molar-refractivity contribution in [3.63, 3.8) is 0 Å². The van der Waals surface area contributed by atoms with Gasteiger partial charge < -0.3 is 10.1 Å². The molecule has 3 heterocycles. The molecule has 1 N–H and O–H groups in total. The van der Waals surface area contributed by atoms with E-state index in [1.165, 1.54) is 25.0 Å². The molecule has 2 aliphatic rings. The number of fused-ring (bicyclic) bond motifs is 2. The highest BCUT2D eigenvalue weighted by atomic mass is 16.5. The standard InChI is InChI=1S/C13H21N3O/c1-3-14-13(11-6-7-15-16(11)2)10-8-9-4-5-12(10)17-9/h6-7,9-10,12-14H,3-5,8H2,1-2H3. The second kappa shape index (κ2) is 4.42. The number of rotatable bonds is 4. The SMILES string of the molecule is CCNC(c1ccnn1C)C1CC2CCC1O2. The van der Waals surface area contributed by atoms with Crippen molar-refractivity contribution in [2.24, 2.45) is 13.0 Å². The summed E-state index contributed by atoms with van der Waals surface area (Å²) in [5, 5.41) is 7.90. The summed E-state index contributed by atoms with van der Waals surface area (Å²) in [7, 11) is 2.02. The number of nitrogens with zero attached hydrogens (tertiary/aromatic N) is 2. The summed E-state index contributed by atoms with van der Waals surface area (Å²) in [6.07, 6.45) is 6.54. The Morgan fingerprint density at radius 2 is 2.47 bits per heavy atom. The Morgan fingerprint density at radius 1 is 1.59 bits per heavy atom. The summed E-state index contributed by atoms with van der Waals surface area (Å²) >= 11 is 0. The lowest BCUT2D eigenvalue weighted by Gasteiger charge is -2.29. The molecule has 2 fully saturated rings. The molecule has 0 radical (unpaired) electrons. The monoisotopic (exact) mass is 235 g/mol. The van der Waals surface area contributed by atoms with Crippen LogP contribution in [0.25, 0.3) is 0 Å². The Kier molecular flexibility index (Phi) is 2.92. The van der Waals surface area contributed by atoms with E-state index in [1.807, 2.05) is 17.9 Å². The second-order valence-corrected chi connectivity index (χ2v) is 5.19. The summed E-state index contributed by atoms with van der Waals surface area (Å²) in [6, 6.07) is 2.52. The molecule has 2 aliphatic heterocycles. The molecule has 4 unspecified atom stereocenters. The Balaban J connectivity index is 1.83. The van der Waals surface area contributed by atoms with Crippen LogP contribution in [0.15, 0.2) is 12.3 Å². The van der Waals surface area contributed by atoms with Crippen LogP contribution in [0.1, 0.15) is 37.9 Å². The lowest BCUT2D eigenvalue weighted by atomic mass is 9.82. The van der Waals surface area contributed by atoms with Crippen molar-refractivity contribution in [2.45, 2.75) is 44.4 Å². The van der Waals surface area contributed by atoms with Crippen LogP contribution in [0.3, 0.4) is 0 Å². The minimum atomic E-state index is 0.391. The molecule has 94 valence electrons. The summed E-state index contributed by atoms with van der Waals surface area (Å²) < 4.78 is 7.97. The van der Waals surface area contributed by atoms with Gasteiger partial charge in [0.15, 0.2) is 0 Å². The third kappa shape index (κ3) is 1.89. The average Bonchev–Trinajstić information content (AvgIpc) is 3.01. The first-order chi connectivity index (χ1) is 8.29. The predicted octanol–water partition coefficient (Wildman–Crippen LogP) is 1.64. The smallest absolute Gasteiger partial charge is 0.0627 e. The van der Waals surface area contributed by atoms with E-state index in [1.54, 1.807) is 0 Å². The van der Waals surface area contributed by atoms with Crippen molar-refractivity contribution in [3.8, 4) is 0 Å². The van der Waals surface area contributed by atoms with E-state index < -0.39 is 0 Å². The molecule has 3 rings (SSSR count). The molecule has 0 aromatic carbocycles. The van der Waals surface area contributed by atoms with E-state index in [-0.39, 0.29) is 0 Å². The second-order valence-electron chi connectivity index (χ2n) is 5.19. The van der Waals surface area contributed by atoms with Crippen LogP contribution in [0.2, 0.25) is 0 Å². The Bertz CT molecular complexity index is 390. The van der Waals surface area contributed by atoms with Gasteiger partial charge in [-0.1, -0.05) is 6.92 Å². The van der Waals surface area contributed by atoms with Gasteiger partial charge in [-0.3, -0.25) is 4.68 Å². The van der Waals surface area contributed by atoms with Gasteiger partial charge in [-0.15, -0.1) is 0 Å². The van der Waals surface area contributed by atoms with E-state index >= 15 is 0 Å². The van der Waals surface area contributed by atoms with Gasteiger partial charge in [-0.05, 0) is 31.9 Å². The van der Waals surface area contributed by atoms with E-state index in [0.717, 1.165) is 6.54 Å². The minimum absolute atomic E-state index is 0.391. The van der Waals surface area contributed by atoms with Crippen molar-refractivity contribution < 1.29 is 4.74 Å². The number of aryl methyl sites for hydroxylation is 1. The minimum Gasteiger partial charge on any atom is -0.375 e. The van der Waals surface area contributed by atoms with Crippen LogP contribution >= 0.6 is 0 Å². The molecule has 1 aromatic heterocycles. The number of nitrogens with one attached hydrogen (secondary N) is 1.